The molecule has 0 spiro atoms. The van der Waals surface area contributed by atoms with Crippen LogP contribution in [0, 0.1) is 0 Å². The molecule has 0 aromatic heterocycles. The van der Waals surface area contributed by atoms with Crippen molar-refractivity contribution in [3.63, 3.8) is 0 Å². The summed E-state index contributed by atoms with van der Waals surface area (Å²) in [5.74, 6) is 0. The van der Waals surface area contributed by atoms with Crippen molar-refractivity contribution < 1.29 is 0 Å². The topological polar surface area (TPSA) is 0 Å². The van der Waals surface area contributed by atoms with Crippen LogP contribution in [0.25, 0.3) is 0 Å². The molecule has 0 rings (SSSR count). The number of alkyl halides is 1. The fourth-order valence-electron chi connectivity index (χ4n) is 0.607. The normalized spacial score (nSPS) is 13.8. The molecular formula is C9H15Cl. The third-order valence-electron chi connectivity index (χ3n) is 1.24. The molecule has 0 amide bonds. The Labute approximate surface area is 68.6 Å². The highest BCUT2D eigenvalue weighted by Gasteiger charge is 1.91. The zero-order valence-electron chi connectivity index (χ0n) is 6.52. The van der Waals surface area contributed by atoms with E-state index in [1.807, 2.05) is 0 Å². The Morgan fingerprint density at radius 3 is 2.70 bits per heavy atom. The van der Waals surface area contributed by atoms with Gasteiger partial charge in [0.05, 0.1) is 5.38 Å². The predicted molar refractivity (Wildman–Crippen MR) is 48.5 cm³/mol. The van der Waals surface area contributed by atoms with Gasteiger partial charge >= 0.3 is 0 Å². The van der Waals surface area contributed by atoms with E-state index in [0.717, 1.165) is 12.8 Å². The number of rotatable bonds is 5. The van der Waals surface area contributed by atoms with E-state index in [1.54, 1.807) is 6.08 Å². The Kier molecular flexibility index (Phi) is 6.73. The van der Waals surface area contributed by atoms with Crippen molar-refractivity contribution in [3.8, 4) is 0 Å². The average Bonchev–Trinajstić information content (AvgIpc) is 1.98. The van der Waals surface area contributed by atoms with Gasteiger partial charge in [0, 0.05) is 0 Å². The molecule has 0 fully saturated rings. The van der Waals surface area contributed by atoms with E-state index in [9.17, 15) is 0 Å². The van der Waals surface area contributed by atoms with Gasteiger partial charge in [-0.15, -0.1) is 18.2 Å². The molecule has 1 unspecified atom stereocenters. The first kappa shape index (κ1) is 9.77. The molecule has 0 aliphatic heterocycles. The van der Waals surface area contributed by atoms with Gasteiger partial charge in [-0.1, -0.05) is 31.6 Å². The lowest BCUT2D eigenvalue weighted by Crippen LogP contribution is -1.87. The molecule has 0 bridgehead atoms. The molecule has 1 heteroatoms. The lowest BCUT2D eigenvalue weighted by atomic mass is 10.2. The van der Waals surface area contributed by atoms with Gasteiger partial charge in [-0.2, -0.15) is 0 Å². The standard InChI is InChI=1S/C9H15Cl/c1-3-5-6-7-8-9(10)4-2/h4,6-7,9H,2-3,5,8H2,1H3/b7-6+. The molecule has 0 N–H and O–H groups in total. The summed E-state index contributed by atoms with van der Waals surface area (Å²) >= 11 is 5.77. The summed E-state index contributed by atoms with van der Waals surface area (Å²) in [5.41, 5.74) is 0. The zero-order chi connectivity index (χ0) is 7.82. The van der Waals surface area contributed by atoms with E-state index in [0.29, 0.717) is 0 Å². The average molecular weight is 159 g/mol. The number of allylic oxidation sites excluding steroid dienone is 3. The summed E-state index contributed by atoms with van der Waals surface area (Å²) in [6.07, 6.45) is 9.31. The summed E-state index contributed by atoms with van der Waals surface area (Å²) in [6, 6.07) is 0. The van der Waals surface area contributed by atoms with Crippen LogP contribution < -0.4 is 0 Å². The summed E-state index contributed by atoms with van der Waals surface area (Å²) in [6.45, 7) is 5.76. The molecule has 1 atom stereocenters. The van der Waals surface area contributed by atoms with E-state index >= 15 is 0 Å². The Morgan fingerprint density at radius 2 is 2.20 bits per heavy atom. The first-order chi connectivity index (χ1) is 4.81. The first-order valence-corrected chi connectivity index (χ1v) is 4.16. The number of hydrogen-bond donors (Lipinski definition) is 0. The van der Waals surface area contributed by atoms with Crippen LogP contribution >= 0.6 is 11.6 Å². The molecule has 0 aliphatic rings. The fraction of sp³-hybridized carbons (Fsp3) is 0.556. The number of unbranched alkanes of at least 4 members (excludes halogenated alkanes) is 1. The van der Waals surface area contributed by atoms with Gasteiger partial charge in [-0.3, -0.25) is 0 Å². The van der Waals surface area contributed by atoms with E-state index in [4.69, 9.17) is 11.6 Å². The SMILES string of the molecule is C=CC(Cl)C/C=C/CCC. The van der Waals surface area contributed by atoms with E-state index in [-0.39, 0.29) is 5.38 Å². The zero-order valence-corrected chi connectivity index (χ0v) is 7.27. The second kappa shape index (κ2) is 6.88. The van der Waals surface area contributed by atoms with Crippen molar-refractivity contribution in [3.05, 3.63) is 24.8 Å². The quantitative estimate of drug-likeness (QED) is 0.424. The number of hydrogen-bond acceptors (Lipinski definition) is 0. The highest BCUT2D eigenvalue weighted by atomic mass is 35.5. The van der Waals surface area contributed by atoms with Gasteiger partial charge in [-0.25, -0.2) is 0 Å². The lowest BCUT2D eigenvalue weighted by Gasteiger charge is -1.95. The maximum Gasteiger partial charge on any atom is 0.0547 e. The van der Waals surface area contributed by atoms with Crippen molar-refractivity contribution in [1.82, 2.24) is 0 Å². The Hall–Kier alpha value is -0.230. The number of halogens is 1. The second-order valence-electron chi connectivity index (χ2n) is 2.25. The van der Waals surface area contributed by atoms with Gasteiger partial charge in [0.15, 0.2) is 0 Å². The van der Waals surface area contributed by atoms with Gasteiger partial charge in [-0.05, 0) is 12.8 Å². The molecule has 0 nitrogen and oxygen atoms in total. The van der Waals surface area contributed by atoms with Crippen LogP contribution in [0.5, 0.6) is 0 Å². The molecule has 0 saturated heterocycles. The smallest absolute Gasteiger partial charge is 0.0547 e. The monoisotopic (exact) mass is 158 g/mol. The lowest BCUT2D eigenvalue weighted by molar-refractivity contribution is 0.945. The molecular weight excluding hydrogens is 144 g/mol. The molecule has 0 aromatic rings. The maximum absolute atomic E-state index is 5.77. The second-order valence-corrected chi connectivity index (χ2v) is 2.81. The minimum Gasteiger partial charge on any atom is -0.118 e. The van der Waals surface area contributed by atoms with Gasteiger partial charge in [0.1, 0.15) is 0 Å². The Balaban J connectivity index is 3.24. The van der Waals surface area contributed by atoms with Crippen LogP contribution in [-0.4, -0.2) is 5.38 Å². The summed E-state index contributed by atoms with van der Waals surface area (Å²) < 4.78 is 0. The first-order valence-electron chi connectivity index (χ1n) is 3.72. The maximum atomic E-state index is 5.77. The van der Waals surface area contributed by atoms with Crippen LogP contribution in [-0.2, 0) is 0 Å². The van der Waals surface area contributed by atoms with Crippen LogP contribution in [0.4, 0.5) is 0 Å². The van der Waals surface area contributed by atoms with Gasteiger partial charge < -0.3 is 0 Å². The molecule has 58 valence electrons. The van der Waals surface area contributed by atoms with Crippen molar-refractivity contribution in [1.29, 1.82) is 0 Å². The Morgan fingerprint density at radius 1 is 1.50 bits per heavy atom. The third-order valence-corrected chi connectivity index (χ3v) is 1.60. The largest absolute Gasteiger partial charge is 0.118 e. The minimum absolute atomic E-state index is 0.105. The Bertz CT molecular complexity index is 105. The van der Waals surface area contributed by atoms with E-state index in [2.05, 4.69) is 25.7 Å². The third kappa shape index (κ3) is 5.90. The van der Waals surface area contributed by atoms with Gasteiger partial charge in [0.25, 0.3) is 0 Å². The molecule has 0 heterocycles. The molecule has 10 heavy (non-hydrogen) atoms. The van der Waals surface area contributed by atoms with E-state index < -0.39 is 0 Å². The summed E-state index contributed by atoms with van der Waals surface area (Å²) in [4.78, 5) is 0. The molecule has 0 saturated carbocycles. The molecule has 0 aliphatic carbocycles. The predicted octanol–water partition coefficient (Wildman–Crippen LogP) is 3.53. The van der Waals surface area contributed by atoms with Crippen molar-refractivity contribution >= 4 is 11.6 Å². The van der Waals surface area contributed by atoms with Crippen LogP contribution in [0.2, 0.25) is 0 Å². The van der Waals surface area contributed by atoms with Crippen molar-refractivity contribution in [2.24, 2.45) is 0 Å². The van der Waals surface area contributed by atoms with Crippen LogP contribution in [0.1, 0.15) is 26.2 Å². The summed E-state index contributed by atoms with van der Waals surface area (Å²) in [5, 5.41) is 0.105. The highest BCUT2D eigenvalue weighted by Crippen LogP contribution is 2.03. The fourth-order valence-corrected chi connectivity index (χ4v) is 0.710. The van der Waals surface area contributed by atoms with Gasteiger partial charge in [0.2, 0.25) is 0 Å². The van der Waals surface area contributed by atoms with E-state index in [1.165, 1.54) is 6.42 Å². The minimum atomic E-state index is 0.105. The molecule has 0 radical (unpaired) electrons. The molecule has 0 aromatic carbocycles. The van der Waals surface area contributed by atoms with Crippen LogP contribution in [0.3, 0.4) is 0 Å². The van der Waals surface area contributed by atoms with Crippen LogP contribution in [0.15, 0.2) is 24.8 Å². The van der Waals surface area contributed by atoms with Crippen molar-refractivity contribution in [2.45, 2.75) is 31.6 Å². The van der Waals surface area contributed by atoms with Crippen molar-refractivity contribution in [2.75, 3.05) is 0 Å². The highest BCUT2D eigenvalue weighted by molar-refractivity contribution is 6.21. The summed E-state index contributed by atoms with van der Waals surface area (Å²) in [7, 11) is 0.